The molecule has 64 heavy (non-hydrogen) atoms. The SMILES string of the molecule is c1ccc(-c2nc(-c3ccc4c(c3)oc3ccccc34)nc(-c3cccc4oc5ccc(-c6cccc7oc8c(-c9cccc%10c9oc9ccccc9%10)cccc8c67)cc5c34)n2)cc1. The van der Waals surface area contributed by atoms with E-state index in [1.54, 1.807) is 0 Å². The van der Waals surface area contributed by atoms with Crippen LogP contribution in [0.2, 0.25) is 0 Å². The molecule has 0 spiro atoms. The minimum absolute atomic E-state index is 0.544. The van der Waals surface area contributed by atoms with Crippen LogP contribution in [0.15, 0.2) is 206 Å². The van der Waals surface area contributed by atoms with Gasteiger partial charge in [-0.2, -0.15) is 0 Å². The van der Waals surface area contributed by atoms with E-state index in [0.29, 0.717) is 17.5 Å². The molecule has 5 aromatic heterocycles. The molecule has 0 aliphatic heterocycles. The minimum atomic E-state index is 0.544. The van der Waals surface area contributed by atoms with Crippen molar-refractivity contribution in [1.29, 1.82) is 0 Å². The molecule has 0 saturated heterocycles. The van der Waals surface area contributed by atoms with Crippen molar-refractivity contribution in [3.05, 3.63) is 188 Å². The highest BCUT2D eigenvalue weighted by Gasteiger charge is 2.22. The van der Waals surface area contributed by atoms with Gasteiger partial charge in [-0.3, -0.25) is 0 Å². The fourth-order valence-electron chi connectivity index (χ4n) is 9.65. The molecule has 0 aliphatic rings. The second-order valence-electron chi connectivity index (χ2n) is 16.2. The quantitative estimate of drug-likeness (QED) is 0.171. The van der Waals surface area contributed by atoms with Gasteiger partial charge in [0.1, 0.15) is 44.7 Å². The van der Waals surface area contributed by atoms with Crippen molar-refractivity contribution in [3.63, 3.8) is 0 Å². The molecular formula is C57H31N3O4. The van der Waals surface area contributed by atoms with E-state index in [0.717, 1.165) is 127 Å². The monoisotopic (exact) mass is 821 g/mol. The van der Waals surface area contributed by atoms with Gasteiger partial charge in [-0.15, -0.1) is 0 Å². The van der Waals surface area contributed by atoms with E-state index in [9.17, 15) is 0 Å². The average molecular weight is 822 g/mol. The molecule has 0 bridgehead atoms. The summed E-state index contributed by atoms with van der Waals surface area (Å²) >= 11 is 0. The van der Waals surface area contributed by atoms with Crippen molar-refractivity contribution in [2.75, 3.05) is 0 Å². The Kier molecular flexibility index (Phi) is 7.27. The lowest BCUT2D eigenvalue weighted by atomic mass is 9.95. The number of rotatable bonds is 5. The minimum Gasteiger partial charge on any atom is -0.456 e. The van der Waals surface area contributed by atoms with Gasteiger partial charge in [0.05, 0.1) is 0 Å². The van der Waals surface area contributed by atoms with E-state index < -0.39 is 0 Å². The Morgan fingerprint density at radius 1 is 0.250 bits per heavy atom. The topological polar surface area (TPSA) is 91.2 Å². The van der Waals surface area contributed by atoms with Gasteiger partial charge in [0.25, 0.3) is 0 Å². The maximum Gasteiger partial charge on any atom is 0.164 e. The van der Waals surface area contributed by atoms with Crippen molar-refractivity contribution in [1.82, 2.24) is 15.0 Å². The highest BCUT2D eigenvalue weighted by atomic mass is 16.3. The molecule has 7 nitrogen and oxygen atoms in total. The van der Waals surface area contributed by atoms with Gasteiger partial charge in [0, 0.05) is 70.9 Å². The zero-order valence-electron chi connectivity index (χ0n) is 33.9. The van der Waals surface area contributed by atoms with Crippen LogP contribution in [0, 0.1) is 0 Å². The van der Waals surface area contributed by atoms with Crippen LogP contribution in [0.5, 0.6) is 0 Å². The Bertz CT molecular complexity index is 4210. The molecule has 5 heterocycles. The van der Waals surface area contributed by atoms with E-state index in [1.165, 1.54) is 0 Å². The summed E-state index contributed by atoms with van der Waals surface area (Å²) in [5.74, 6) is 1.67. The Morgan fingerprint density at radius 3 is 1.56 bits per heavy atom. The van der Waals surface area contributed by atoms with Crippen LogP contribution in [-0.4, -0.2) is 15.0 Å². The Morgan fingerprint density at radius 2 is 0.750 bits per heavy atom. The molecule has 0 aliphatic carbocycles. The van der Waals surface area contributed by atoms with Gasteiger partial charge in [0.2, 0.25) is 0 Å². The van der Waals surface area contributed by atoms with Gasteiger partial charge in [-0.25, -0.2) is 15.0 Å². The summed E-state index contributed by atoms with van der Waals surface area (Å²) in [5.41, 5.74) is 13.1. The third-order valence-electron chi connectivity index (χ3n) is 12.6. The lowest BCUT2D eigenvalue weighted by Gasteiger charge is -2.09. The van der Waals surface area contributed by atoms with Gasteiger partial charge in [-0.05, 0) is 59.7 Å². The first kappa shape index (κ1) is 34.9. The van der Waals surface area contributed by atoms with Gasteiger partial charge in [-0.1, -0.05) is 140 Å². The summed E-state index contributed by atoms with van der Waals surface area (Å²) in [6, 6.07) is 63.9. The fraction of sp³-hybridized carbons (Fsp3) is 0. The van der Waals surface area contributed by atoms with Crippen LogP contribution < -0.4 is 0 Å². The molecule has 0 N–H and O–H groups in total. The van der Waals surface area contributed by atoms with E-state index in [-0.39, 0.29) is 0 Å². The van der Waals surface area contributed by atoms with E-state index in [4.69, 9.17) is 32.6 Å². The molecule has 0 radical (unpaired) electrons. The summed E-state index contributed by atoms with van der Waals surface area (Å²) in [7, 11) is 0. The molecule has 0 atom stereocenters. The van der Waals surface area contributed by atoms with Gasteiger partial charge in [0.15, 0.2) is 17.5 Å². The molecule has 0 fully saturated rings. The predicted molar refractivity (Wildman–Crippen MR) is 256 cm³/mol. The van der Waals surface area contributed by atoms with Crippen LogP contribution in [-0.2, 0) is 0 Å². The first-order valence-electron chi connectivity index (χ1n) is 21.2. The van der Waals surface area contributed by atoms with E-state index in [2.05, 4.69) is 97.1 Å². The summed E-state index contributed by atoms with van der Waals surface area (Å²) in [6.45, 7) is 0. The fourth-order valence-corrected chi connectivity index (χ4v) is 9.65. The maximum absolute atomic E-state index is 6.79. The standard InChI is InChI=1S/C57H31N3O4/c1-2-12-32(13-3-1)55-58-56(34-26-28-38-36-14-4-6-22-45(36)62-50(38)31-34)60-57(59-55)43-21-11-24-48-52(43)44-30-33(27-29-47(44)61-48)35-16-10-25-49-51(35)42-20-9-19-41(54(42)64-49)40-18-8-17-39-37-15-5-7-23-46(37)63-53(39)40/h1-31H. The predicted octanol–water partition coefficient (Wildman–Crippen LogP) is 15.8. The first-order chi connectivity index (χ1) is 31.7. The number of hydrogen-bond donors (Lipinski definition) is 0. The van der Waals surface area contributed by atoms with Crippen LogP contribution >= 0.6 is 0 Å². The average Bonchev–Trinajstić information content (AvgIpc) is 4.13. The largest absolute Gasteiger partial charge is 0.456 e. The van der Waals surface area contributed by atoms with E-state index in [1.807, 2.05) is 91.0 Å². The molecule has 9 aromatic carbocycles. The normalized spacial score (nSPS) is 12.1. The number of hydrogen-bond acceptors (Lipinski definition) is 7. The molecule has 0 amide bonds. The summed E-state index contributed by atoms with van der Waals surface area (Å²) in [6.07, 6.45) is 0. The van der Waals surface area contributed by atoms with Gasteiger partial charge >= 0.3 is 0 Å². The molecule has 298 valence electrons. The summed E-state index contributed by atoms with van der Waals surface area (Å²) in [4.78, 5) is 15.4. The third-order valence-corrected chi connectivity index (χ3v) is 12.6. The zero-order valence-corrected chi connectivity index (χ0v) is 33.9. The molecular weight excluding hydrogens is 791 g/mol. The van der Waals surface area contributed by atoms with Crippen LogP contribution in [0.3, 0.4) is 0 Å². The molecule has 14 aromatic rings. The molecule has 7 heteroatoms. The number of fused-ring (bicyclic) bond motifs is 12. The number of aromatic nitrogens is 3. The smallest absolute Gasteiger partial charge is 0.164 e. The van der Waals surface area contributed by atoms with Crippen molar-refractivity contribution in [2.45, 2.75) is 0 Å². The van der Waals surface area contributed by atoms with Crippen molar-refractivity contribution in [3.8, 4) is 56.4 Å². The zero-order chi connectivity index (χ0) is 41.9. The molecule has 0 saturated carbocycles. The lowest BCUT2D eigenvalue weighted by Crippen LogP contribution is -2.00. The second-order valence-corrected chi connectivity index (χ2v) is 16.2. The second kappa shape index (κ2) is 13.3. The molecule has 0 unspecified atom stereocenters. The van der Waals surface area contributed by atoms with Crippen LogP contribution in [0.1, 0.15) is 0 Å². The number of furan rings is 4. The van der Waals surface area contributed by atoms with Crippen molar-refractivity contribution < 1.29 is 17.7 Å². The number of nitrogens with zero attached hydrogens (tertiary/aromatic N) is 3. The summed E-state index contributed by atoms with van der Waals surface area (Å²) < 4.78 is 26.1. The maximum atomic E-state index is 6.79. The Hall–Kier alpha value is -8.81. The van der Waals surface area contributed by atoms with Crippen molar-refractivity contribution >= 4 is 87.8 Å². The highest BCUT2D eigenvalue weighted by Crippen LogP contribution is 2.45. The van der Waals surface area contributed by atoms with Crippen LogP contribution in [0.4, 0.5) is 0 Å². The number of para-hydroxylation sites is 4. The van der Waals surface area contributed by atoms with Gasteiger partial charge < -0.3 is 17.7 Å². The van der Waals surface area contributed by atoms with Crippen LogP contribution in [0.25, 0.3) is 144 Å². The Labute approximate surface area is 363 Å². The Balaban J connectivity index is 0.944. The molecule has 14 rings (SSSR count). The number of benzene rings is 9. The highest BCUT2D eigenvalue weighted by molar-refractivity contribution is 6.19. The lowest BCUT2D eigenvalue weighted by molar-refractivity contribution is 0.665. The first-order valence-corrected chi connectivity index (χ1v) is 21.2. The third kappa shape index (κ3) is 5.18. The van der Waals surface area contributed by atoms with E-state index >= 15 is 0 Å². The van der Waals surface area contributed by atoms with Crippen molar-refractivity contribution in [2.24, 2.45) is 0 Å². The summed E-state index contributed by atoms with van der Waals surface area (Å²) in [5, 5.41) is 8.24.